The molecule has 8 nitrogen and oxygen atoms in total. The number of thiazole rings is 1. The lowest BCUT2D eigenvalue weighted by Gasteiger charge is -2.06. The molecule has 0 aliphatic heterocycles. The minimum atomic E-state index is -0.484. The van der Waals surface area contributed by atoms with Crippen LogP contribution in [0.4, 0.5) is 0 Å². The summed E-state index contributed by atoms with van der Waals surface area (Å²) in [7, 11) is 2.59. The van der Waals surface area contributed by atoms with Crippen molar-refractivity contribution in [3.8, 4) is 5.75 Å². The molecule has 0 aliphatic rings. The number of ether oxygens (including phenoxy) is 3. The zero-order valence-corrected chi connectivity index (χ0v) is 18.9. The van der Waals surface area contributed by atoms with Crippen LogP contribution in [-0.4, -0.2) is 43.2 Å². The number of hydrogen-bond donors (Lipinski definition) is 0. The summed E-state index contributed by atoms with van der Waals surface area (Å²) in [6.45, 7) is 2.52. The van der Waals surface area contributed by atoms with E-state index in [4.69, 9.17) is 14.2 Å². The van der Waals surface area contributed by atoms with Crippen LogP contribution in [0.1, 0.15) is 40.5 Å². The van der Waals surface area contributed by atoms with Crippen molar-refractivity contribution in [2.24, 2.45) is 4.99 Å². The lowest BCUT2D eigenvalue weighted by atomic mass is 10.2. The third-order valence-electron chi connectivity index (χ3n) is 4.66. The number of carbonyl (C=O) groups is 3. The number of esters is 2. The van der Waals surface area contributed by atoms with Crippen molar-refractivity contribution in [3.63, 3.8) is 0 Å². The fraction of sp³-hybridized carbons (Fsp3) is 0.304. The van der Waals surface area contributed by atoms with Gasteiger partial charge in [-0.1, -0.05) is 30.7 Å². The molecule has 0 saturated carbocycles. The molecule has 0 N–H and O–H groups in total. The molecule has 0 radical (unpaired) electrons. The van der Waals surface area contributed by atoms with Crippen LogP contribution in [0.25, 0.3) is 10.2 Å². The summed E-state index contributed by atoms with van der Waals surface area (Å²) in [6, 6.07) is 11.8. The summed E-state index contributed by atoms with van der Waals surface area (Å²) in [5.74, 6) is -0.832. The first kappa shape index (κ1) is 23.2. The molecule has 0 saturated heterocycles. The van der Waals surface area contributed by atoms with E-state index in [0.717, 1.165) is 12.8 Å². The van der Waals surface area contributed by atoms with Crippen LogP contribution in [0, 0.1) is 0 Å². The first-order chi connectivity index (χ1) is 15.5. The molecule has 168 valence electrons. The van der Waals surface area contributed by atoms with E-state index in [0.29, 0.717) is 38.5 Å². The second-order valence-corrected chi connectivity index (χ2v) is 7.88. The van der Waals surface area contributed by atoms with Gasteiger partial charge in [0, 0.05) is 5.56 Å². The minimum absolute atomic E-state index is 0.125. The number of carbonyl (C=O) groups excluding carboxylic acids is 3. The first-order valence-corrected chi connectivity index (χ1v) is 10.9. The highest BCUT2D eigenvalue weighted by atomic mass is 32.1. The molecular formula is C23H24N2O6S. The number of rotatable bonds is 8. The number of hydrogen-bond acceptors (Lipinski definition) is 7. The van der Waals surface area contributed by atoms with Gasteiger partial charge in [-0.15, -0.1) is 0 Å². The number of methoxy groups -OCH3 is 2. The Hall–Kier alpha value is -3.46. The number of benzene rings is 2. The van der Waals surface area contributed by atoms with E-state index in [-0.39, 0.29) is 6.54 Å². The van der Waals surface area contributed by atoms with Crippen LogP contribution >= 0.6 is 11.3 Å². The summed E-state index contributed by atoms with van der Waals surface area (Å²) < 4.78 is 17.5. The summed E-state index contributed by atoms with van der Waals surface area (Å²) in [5, 5.41) is 0. The average Bonchev–Trinajstić information content (AvgIpc) is 3.14. The molecule has 3 rings (SSSR count). The Balaban J connectivity index is 2.02. The first-order valence-electron chi connectivity index (χ1n) is 10.1. The van der Waals surface area contributed by atoms with Crippen molar-refractivity contribution < 1.29 is 28.6 Å². The number of nitrogens with zero attached hydrogens (tertiary/aromatic N) is 2. The van der Waals surface area contributed by atoms with Crippen LogP contribution in [0.5, 0.6) is 5.75 Å². The fourth-order valence-corrected chi connectivity index (χ4v) is 4.02. The van der Waals surface area contributed by atoms with Crippen molar-refractivity contribution in [2.75, 3.05) is 20.8 Å². The van der Waals surface area contributed by atoms with Gasteiger partial charge in [-0.2, -0.15) is 4.99 Å². The lowest BCUT2D eigenvalue weighted by Crippen LogP contribution is -2.22. The van der Waals surface area contributed by atoms with E-state index < -0.39 is 17.8 Å². The zero-order valence-electron chi connectivity index (χ0n) is 18.1. The number of fused-ring (bicyclic) bond motifs is 1. The highest BCUT2D eigenvalue weighted by Crippen LogP contribution is 2.21. The van der Waals surface area contributed by atoms with Gasteiger partial charge in [0.05, 0.1) is 36.6 Å². The molecule has 32 heavy (non-hydrogen) atoms. The van der Waals surface area contributed by atoms with Crippen molar-refractivity contribution >= 4 is 39.4 Å². The summed E-state index contributed by atoms with van der Waals surface area (Å²) >= 11 is 1.19. The van der Waals surface area contributed by atoms with Crippen molar-refractivity contribution in [1.29, 1.82) is 0 Å². The molecule has 0 unspecified atom stereocenters. The SMILES string of the molecule is CCCCOc1cccc(C(=O)N=c2sc3cc(C(=O)OC)ccc3n2CC(=O)OC)c1. The van der Waals surface area contributed by atoms with Gasteiger partial charge >= 0.3 is 11.9 Å². The van der Waals surface area contributed by atoms with E-state index >= 15 is 0 Å². The van der Waals surface area contributed by atoms with E-state index in [9.17, 15) is 14.4 Å². The Morgan fingerprint density at radius 3 is 2.56 bits per heavy atom. The van der Waals surface area contributed by atoms with Gasteiger partial charge in [0.1, 0.15) is 12.3 Å². The molecule has 2 aromatic carbocycles. The van der Waals surface area contributed by atoms with Crippen LogP contribution < -0.4 is 9.54 Å². The van der Waals surface area contributed by atoms with Crippen LogP contribution in [0.2, 0.25) is 0 Å². The second-order valence-electron chi connectivity index (χ2n) is 6.87. The molecule has 0 spiro atoms. The van der Waals surface area contributed by atoms with E-state index in [1.807, 2.05) is 0 Å². The molecule has 0 fully saturated rings. The Kier molecular flexibility index (Phi) is 7.77. The normalized spacial score (nSPS) is 11.4. The molecule has 9 heteroatoms. The summed E-state index contributed by atoms with van der Waals surface area (Å²) in [6.07, 6.45) is 1.93. The van der Waals surface area contributed by atoms with Gasteiger partial charge in [-0.3, -0.25) is 9.59 Å². The third kappa shape index (κ3) is 5.42. The predicted molar refractivity (Wildman–Crippen MR) is 120 cm³/mol. The van der Waals surface area contributed by atoms with E-state index in [1.165, 1.54) is 25.6 Å². The van der Waals surface area contributed by atoms with Crippen LogP contribution in [0.3, 0.4) is 0 Å². The number of amides is 1. The quantitative estimate of drug-likeness (QED) is 0.380. The maximum absolute atomic E-state index is 12.9. The molecule has 3 aromatic rings. The maximum Gasteiger partial charge on any atom is 0.337 e. The molecule has 0 bridgehead atoms. The van der Waals surface area contributed by atoms with Gasteiger partial charge < -0.3 is 18.8 Å². The summed E-state index contributed by atoms with van der Waals surface area (Å²) in [4.78, 5) is 41.3. The molecule has 1 heterocycles. The molecule has 0 aliphatic carbocycles. The van der Waals surface area contributed by atoms with Gasteiger partial charge in [-0.25, -0.2) is 4.79 Å². The minimum Gasteiger partial charge on any atom is -0.494 e. The average molecular weight is 457 g/mol. The topological polar surface area (TPSA) is 96.2 Å². The Bertz CT molecular complexity index is 1210. The largest absolute Gasteiger partial charge is 0.494 e. The Morgan fingerprint density at radius 2 is 1.84 bits per heavy atom. The second kappa shape index (κ2) is 10.7. The zero-order chi connectivity index (χ0) is 23.1. The van der Waals surface area contributed by atoms with E-state index in [1.54, 1.807) is 47.0 Å². The lowest BCUT2D eigenvalue weighted by molar-refractivity contribution is -0.141. The standard InChI is InChI=1S/C23H24N2O6S/c1-4-5-11-31-17-8-6-7-15(12-17)21(27)24-23-25(14-20(26)29-2)18-10-9-16(22(28)30-3)13-19(18)32-23/h6-10,12-13H,4-5,11,14H2,1-3H3. The van der Waals surface area contributed by atoms with Crippen molar-refractivity contribution in [2.45, 2.75) is 26.3 Å². The van der Waals surface area contributed by atoms with Crippen LogP contribution in [0.15, 0.2) is 47.5 Å². The summed E-state index contributed by atoms with van der Waals surface area (Å²) in [5.41, 5.74) is 1.38. The van der Waals surface area contributed by atoms with Gasteiger partial charge in [0.2, 0.25) is 0 Å². The Labute approximate surface area is 189 Å². The molecule has 1 aromatic heterocycles. The highest BCUT2D eigenvalue weighted by Gasteiger charge is 2.15. The van der Waals surface area contributed by atoms with Crippen LogP contribution in [-0.2, 0) is 20.8 Å². The molecule has 1 amide bonds. The maximum atomic E-state index is 12.9. The van der Waals surface area contributed by atoms with Gasteiger partial charge in [0.15, 0.2) is 4.80 Å². The smallest absolute Gasteiger partial charge is 0.337 e. The van der Waals surface area contributed by atoms with Gasteiger partial charge in [-0.05, 0) is 42.8 Å². The van der Waals surface area contributed by atoms with E-state index in [2.05, 4.69) is 11.9 Å². The Morgan fingerprint density at radius 1 is 1.03 bits per heavy atom. The monoisotopic (exact) mass is 456 g/mol. The third-order valence-corrected chi connectivity index (χ3v) is 5.70. The fourth-order valence-electron chi connectivity index (χ4n) is 2.95. The van der Waals surface area contributed by atoms with Crippen molar-refractivity contribution in [3.05, 3.63) is 58.4 Å². The molecule has 0 atom stereocenters. The number of unbranched alkanes of at least 4 members (excludes halogenated alkanes) is 1. The van der Waals surface area contributed by atoms with Gasteiger partial charge in [0.25, 0.3) is 5.91 Å². The number of aromatic nitrogens is 1. The highest BCUT2D eigenvalue weighted by molar-refractivity contribution is 7.16. The predicted octanol–water partition coefficient (Wildman–Crippen LogP) is 3.58. The van der Waals surface area contributed by atoms with Crippen molar-refractivity contribution in [1.82, 2.24) is 4.57 Å². The molecular weight excluding hydrogens is 432 g/mol.